The molecule has 6 heteroatoms. The molecule has 0 aliphatic carbocycles. The Morgan fingerprint density at radius 2 is 2.00 bits per heavy atom. The second-order valence-corrected chi connectivity index (χ2v) is 7.74. The third kappa shape index (κ3) is 4.84. The van der Waals surface area contributed by atoms with Crippen molar-refractivity contribution in [3.63, 3.8) is 0 Å². The minimum Gasteiger partial charge on any atom is -0.460 e. The first-order valence-electron chi connectivity index (χ1n) is 7.40. The average Bonchev–Trinajstić information content (AvgIpc) is 2.75. The van der Waals surface area contributed by atoms with Crippen LogP contribution in [0.3, 0.4) is 0 Å². The Morgan fingerprint density at radius 1 is 1.30 bits per heavy atom. The van der Waals surface area contributed by atoms with E-state index in [0.717, 1.165) is 16.2 Å². The summed E-state index contributed by atoms with van der Waals surface area (Å²) >= 11 is 1.60. The van der Waals surface area contributed by atoms with E-state index in [0.29, 0.717) is 5.56 Å². The summed E-state index contributed by atoms with van der Waals surface area (Å²) in [6.45, 7) is 7.37. The molecule has 23 heavy (non-hydrogen) atoms. The summed E-state index contributed by atoms with van der Waals surface area (Å²) in [6.07, 6.45) is -0.249. The van der Waals surface area contributed by atoms with Crippen LogP contribution in [0.25, 0.3) is 5.70 Å². The summed E-state index contributed by atoms with van der Waals surface area (Å²) < 4.78 is 7.10. The number of carbonyl (C=O) groups is 2. The standard InChI is InChI=1S/C17H22N2O3S/c1-11-16(18-19(5)23-11)13-8-6-7-12(9-13)14(20)10-15(21)22-17(2,3)4/h6-9,18H,10H2,1-5H3. The van der Waals surface area contributed by atoms with Crippen LogP contribution in [0, 0.1) is 0 Å². The number of allylic oxidation sites excluding steroid dienone is 1. The van der Waals surface area contributed by atoms with Gasteiger partial charge in [-0.1, -0.05) is 18.2 Å². The van der Waals surface area contributed by atoms with Gasteiger partial charge in [0.25, 0.3) is 0 Å². The normalized spacial score (nSPS) is 15.5. The highest BCUT2D eigenvalue weighted by Crippen LogP contribution is 2.32. The molecule has 0 saturated heterocycles. The number of hydrogen-bond acceptors (Lipinski definition) is 6. The van der Waals surface area contributed by atoms with Crippen LogP contribution in [0.4, 0.5) is 0 Å². The van der Waals surface area contributed by atoms with Crippen molar-refractivity contribution in [3.8, 4) is 0 Å². The Kier molecular flexibility index (Phi) is 5.16. The van der Waals surface area contributed by atoms with E-state index >= 15 is 0 Å². The van der Waals surface area contributed by atoms with Gasteiger partial charge in [0.05, 0.1) is 5.70 Å². The molecule has 2 rings (SSSR count). The second-order valence-electron chi connectivity index (χ2n) is 6.40. The molecule has 1 aliphatic heterocycles. The average molecular weight is 334 g/mol. The number of nitrogens with one attached hydrogen (secondary N) is 1. The molecule has 0 fully saturated rings. The Balaban J connectivity index is 2.12. The quantitative estimate of drug-likeness (QED) is 0.394. The van der Waals surface area contributed by atoms with Crippen molar-refractivity contribution in [2.24, 2.45) is 0 Å². The molecule has 1 aromatic carbocycles. The number of esters is 1. The molecule has 5 nitrogen and oxygen atoms in total. The molecule has 0 unspecified atom stereocenters. The molecular formula is C17H22N2O3S. The number of rotatable bonds is 4. The monoisotopic (exact) mass is 334 g/mol. The molecule has 1 N–H and O–H groups in total. The molecule has 0 aromatic heterocycles. The van der Waals surface area contributed by atoms with Crippen molar-refractivity contribution in [2.75, 3.05) is 7.05 Å². The highest BCUT2D eigenvalue weighted by atomic mass is 32.2. The van der Waals surface area contributed by atoms with E-state index in [1.165, 1.54) is 0 Å². The van der Waals surface area contributed by atoms with Crippen LogP contribution in [-0.4, -0.2) is 28.8 Å². The fourth-order valence-electron chi connectivity index (χ4n) is 2.24. The summed E-state index contributed by atoms with van der Waals surface area (Å²) in [4.78, 5) is 25.2. The number of hydrogen-bond donors (Lipinski definition) is 1. The van der Waals surface area contributed by atoms with Crippen LogP contribution in [-0.2, 0) is 9.53 Å². The van der Waals surface area contributed by atoms with Crippen LogP contribution in [0.1, 0.15) is 50.0 Å². The van der Waals surface area contributed by atoms with Crippen LogP contribution in [0.2, 0.25) is 0 Å². The Hall–Kier alpha value is -1.79. The van der Waals surface area contributed by atoms with E-state index in [1.807, 2.05) is 30.5 Å². The summed E-state index contributed by atoms with van der Waals surface area (Å²) in [7, 11) is 1.93. The summed E-state index contributed by atoms with van der Waals surface area (Å²) in [5.41, 5.74) is 5.06. The first-order chi connectivity index (χ1) is 10.7. The number of Topliss-reactive ketones (excluding diaryl/α,β-unsaturated/α-hetero) is 1. The number of benzene rings is 1. The number of hydrazine groups is 1. The molecule has 0 saturated carbocycles. The zero-order valence-corrected chi connectivity index (χ0v) is 14.9. The predicted octanol–water partition coefficient (Wildman–Crippen LogP) is 3.39. The first-order valence-corrected chi connectivity index (χ1v) is 8.18. The van der Waals surface area contributed by atoms with Crippen LogP contribution in [0.15, 0.2) is 29.2 Å². The minimum atomic E-state index is -0.587. The van der Waals surface area contributed by atoms with Crippen molar-refractivity contribution in [1.29, 1.82) is 0 Å². The number of ketones is 1. The van der Waals surface area contributed by atoms with Gasteiger partial charge in [-0.25, -0.2) is 0 Å². The summed E-state index contributed by atoms with van der Waals surface area (Å²) in [5.74, 6) is -0.740. The molecule has 1 heterocycles. The molecule has 0 amide bonds. The molecule has 0 radical (unpaired) electrons. The third-order valence-electron chi connectivity index (χ3n) is 3.09. The van der Waals surface area contributed by atoms with E-state index in [9.17, 15) is 9.59 Å². The largest absolute Gasteiger partial charge is 0.460 e. The second kappa shape index (κ2) is 6.76. The van der Waals surface area contributed by atoms with Gasteiger partial charge in [0.1, 0.15) is 12.0 Å². The van der Waals surface area contributed by atoms with E-state index in [-0.39, 0.29) is 12.2 Å². The molecular weight excluding hydrogens is 312 g/mol. The summed E-state index contributed by atoms with van der Waals surface area (Å²) in [5, 5.41) is 0. The SMILES string of the molecule is CC1=C(c2cccc(C(=O)CC(=O)OC(C)(C)C)c2)NN(C)S1. The highest BCUT2D eigenvalue weighted by molar-refractivity contribution is 8.01. The molecule has 1 aliphatic rings. The van der Waals surface area contributed by atoms with Gasteiger partial charge in [-0.05, 0) is 45.7 Å². The van der Waals surface area contributed by atoms with Gasteiger partial charge in [0.15, 0.2) is 5.78 Å². The highest BCUT2D eigenvalue weighted by Gasteiger charge is 2.21. The lowest BCUT2D eigenvalue weighted by atomic mass is 10.0. The minimum absolute atomic E-state index is 0.238. The molecule has 124 valence electrons. The first kappa shape index (κ1) is 17.6. The van der Waals surface area contributed by atoms with Crippen molar-refractivity contribution in [1.82, 2.24) is 9.84 Å². The van der Waals surface area contributed by atoms with Crippen LogP contribution < -0.4 is 5.43 Å². The van der Waals surface area contributed by atoms with Crippen LogP contribution >= 0.6 is 11.9 Å². The zero-order chi connectivity index (χ0) is 17.2. The van der Waals surface area contributed by atoms with E-state index in [4.69, 9.17) is 4.74 Å². The molecule has 0 atom stereocenters. The maximum Gasteiger partial charge on any atom is 0.314 e. The Labute approximate surface area is 141 Å². The lowest BCUT2D eigenvalue weighted by Gasteiger charge is -2.19. The van der Waals surface area contributed by atoms with Gasteiger partial charge in [-0.3, -0.25) is 9.59 Å². The molecule has 0 spiro atoms. The zero-order valence-electron chi connectivity index (χ0n) is 14.1. The van der Waals surface area contributed by atoms with E-state index in [2.05, 4.69) is 5.43 Å². The fourth-order valence-corrected chi connectivity index (χ4v) is 3.04. The number of nitrogens with zero attached hydrogens (tertiary/aromatic N) is 1. The van der Waals surface area contributed by atoms with Gasteiger partial charge in [-0.2, -0.15) is 4.41 Å². The van der Waals surface area contributed by atoms with Crippen LogP contribution in [0.5, 0.6) is 0 Å². The van der Waals surface area contributed by atoms with Gasteiger partial charge in [0, 0.05) is 23.1 Å². The van der Waals surface area contributed by atoms with Gasteiger partial charge in [-0.15, -0.1) is 0 Å². The summed E-state index contributed by atoms with van der Waals surface area (Å²) in [6, 6.07) is 7.29. The third-order valence-corrected chi connectivity index (χ3v) is 3.94. The smallest absolute Gasteiger partial charge is 0.314 e. The van der Waals surface area contributed by atoms with Crippen molar-refractivity contribution < 1.29 is 14.3 Å². The fraction of sp³-hybridized carbons (Fsp3) is 0.412. The van der Waals surface area contributed by atoms with Crippen molar-refractivity contribution in [2.45, 2.75) is 39.7 Å². The van der Waals surface area contributed by atoms with E-state index in [1.54, 1.807) is 44.9 Å². The maximum atomic E-state index is 12.3. The lowest BCUT2D eigenvalue weighted by molar-refractivity contribution is -0.153. The van der Waals surface area contributed by atoms with Gasteiger partial charge >= 0.3 is 5.97 Å². The maximum absolute atomic E-state index is 12.3. The van der Waals surface area contributed by atoms with Gasteiger partial charge < -0.3 is 10.2 Å². The van der Waals surface area contributed by atoms with E-state index < -0.39 is 11.6 Å². The number of carbonyl (C=O) groups excluding carboxylic acids is 2. The van der Waals surface area contributed by atoms with Crippen molar-refractivity contribution in [3.05, 3.63) is 40.3 Å². The Bertz CT molecular complexity index is 662. The van der Waals surface area contributed by atoms with Crippen molar-refractivity contribution >= 4 is 29.4 Å². The lowest BCUT2D eigenvalue weighted by Crippen LogP contribution is -2.25. The predicted molar refractivity (Wildman–Crippen MR) is 92.3 cm³/mol. The van der Waals surface area contributed by atoms with Gasteiger partial charge in [0.2, 0.25) is 0 Å². The topological polar surface area (TPSA) is 58.6 Å². The molecule has 0 bridgehead atoms. The number of ether oxygens (including phenoxy) is 1. The Morgan fingerprint density at radius 3 is 2.57 bits per heavy atom. The molecule has 1 aromatic rings.